The van der Waals surface area contributed by atoms with E-state index in [1.807, 2.05) is 29.2 Å². The third-order valence-electron chi connectivity index (χ3n) is 5.62. The van der Waals surface area contributed by atoms with Gasteiger partial charge >= 0.3 is 0 Å². The molecule has 2 fully saturated rings. The van der Waals surface area contributed by atoms with E-state index in [-0.39, 0.29) is 18.4 Å². The molecule has 2 heterocycles. The van der Waals surface area contributed by atoms with E-state index in [2.05, 4.69) is 18.7 Å². The van der Waals surface area contributed by atoms with Crippen LogP contribution in [-0.4, -0.2) is 52.4 Å². The van der Waals surface area contributed by atoms with E-state index in [0.29, 0.717) is 30.7 Å². The number of nitrogens with zero attached hydrogens (tertiary/aromatic N) is 2. The van der Waals surface area contributed by atoms with E-state index in [9.17, 15) is 9.59 Å². The fraction of sp³-hybridized carbons (Fsp3) is 0.619. The van der Waals surface area contributed by atoms with Gasteiger partial charge in [0.2, 0.25) is 11.8 Å². The lowest BCUT2D eigenvalue weighted by Crippen LogP contribution is -2.57. The highest BCUT2D eigenvalue weighted by Crippen LogP contribution is 2.32. The monoisotopic (exact) mass is 358 g/mol. The molecule has 2 aliphatic heterocycles. The molecule has 0 radical (unpaired) electrons. The number of piperidine rings is 2. The van der Waals surface area contributed by atoms with Crippen molar-refractivity contribution in [3.63, 3.8) is 0 Å². The summed E-state index contributed by atoms with van der Waals surface area (Å²) in [7, 11) is 0. The Bertz CT molecular complexity index is 641. The Labute approximate surface area is 156 Å². The number of aliphatic hydroxyl groups is 1. The zero-order valence-corrected chi connectivity index (χ0v) is 15.9. The van der Waals surface area contributed by atoms with Crippen molar-refractivity contribution < 1.29 is 14.7 Å². The zero-order valence-electron chi connectivity index (χ0n) is 15.9. The van der Waals surface area contributed by atoms with Gasteiger partial charge in [0.05, 0.1) is 13.0 Å². The Morgan fingerprint density at radius 1 is 1.19 bits per heavy atom. The zero-order chi connectivity index (χ0) is 18.7. The van der Waals surface area contributed by atoms with Crippen LogP contribution < -0.4 is 0 Å². The first-order valence-corrected chi connectivity index (χ1v) is 9.74. The van der Waals surface area contributed by atoms with Crippen molar-refractivity contribution in [2.75, 3.05) is 19.6 Å². The number of likely N-dealkylation sites (tertiary alicyclic amines) is 2. The first-order valence-electron chi connectivity index (χ1n) is 9.74. The Balaban J connectivity index is 1.60. The normalized spacial score (nSPS) is 23.3. The van der Waals surface area contributed by atoms with Crippen molar-refractivity contribution in [3.05, 3.63) is 35.4 Å². The van der Waals surface area contributed by atoms with E-state index >= 15 is 0 Å². The standard InChI is InChI=1S/C21H30N2O3/c1-15(2)12-23-19-9-10-22(13-18(19)7-8-20(23)25)21(26)11-16-3-5-17(14-24)6-4-16/h3-6,15,18-19,24H,7-14H2,1-2H3/t18-,19+/m0/s1. The van der Waals surface area contributed by atoms with E-state index < -0.39 is 0 Å². The molecular formula is C21H30N2O3. The number of hydrogen-bond donors (Lipinski definition) is 1. The van der Waals surface area contributed by atoms with Crippen LogP contribution in [0.3, 0.4) is 0 Å². The number of benzene rings is 1. The van der Waals surface area contributed by atoms with Crippen molar-refractivity contribution in [3.8, 4) is 0 Å². The minimum atomic E-state index is 0.0228. The van der Waals surface area contributed by atoms with Crippen LogP contribution in [-0.2, 0) is 22.6 Å². The van der Waals surface area contributed by atoms with Gasteiger partial charge in [-0.05, 0) is 35.8 Å². The second kappa shape index (κ2) is 8.21. The van der Waals surface area contributed by atoms with Crippen LogP contribution in [0.1, 0.15) is 44.2 Å². The number of carbonyl (C=O) groups excluding carboxylic acids is 2. The fourth-order valence-corrected chi connectivity index (χ4v) is 4.26. The molecule has 0 aromatic heterocycles. The molecule has 26 heavy (non-hydrogen) atoms. The molecule has 1 aromatic carbocycles. The number of amides is 2. The quantitative estimate of drug-likeness (QED) is 0.878. The van der Waals surface area contributed by atoms with E-state index in [0.717, 1.165) is 43.6 Å². The molecule has 2 atom stereocenters. The van der Waals surface area contributed by atoms with Gasteiger partial charge in [-0.25, -0.2) is 0 Å². The van der Waals surface area contributed by atoms with Crippen LogP contribution in [0.5, 0.6) is 0 Å². The number of fused-ring (bicyclic) bond motifs is 1. The molecule has 5 heteroatoms. The second-order valence-corrected chi connectivity index (χ2v) is 8.09. The van der Waals surface area contributed by atoms with Crippen molar-refractivity contribution in [1.29, 1.82) is 0 Å². The molecule has 0 unspecified atom stereocenters. The van der Waals surface area contributed by atoms with Gasteiger partial charge in [0.15, 0.2) is 0 Å². The van der Waals surface area contributed by atoms with Crippen LogP contribution in [0.2, 0.25) is 0 Å². The molecule has 2 amide bonds. The van der Waals surface area contributed by atoms with Crippen LogP contribution in [0.4, 0.5) is 0 Å². The maximum atomic E-state index is 12.7. The third-order valence-corrected chi connectivity index (χ3v) is 5.62. The summed E-state index contributed by atoms with van der Waals surface area (Å²) in [6, 6.07) is 7.86. The predicted octanol–water partition coefficient (Wildman–Crippen LogP) is 2.22. The van der Waals surface area contributed by atoms with Crippen molar-refractivity contribution in [2.24, 2.45) is 11.8 Å². The fourth-order valence-electron chi connectivity index (χ4n) is 4.26. The number of hydrogen-bond acceptors (Lipinski definition) is 3. The number of aliphatic hydroxyl groups excluding tert-OH is 1. The number of rotatable bonds is 5. The summed E-state index contributed by atoms with van der Waals surface area (Å²) < 4.78 is 0. The Morgan fingerprint density at radius 3 is 2.54 bits per heavy atom. The third kappa shape index (κ3) is 4.26. The van der Waals surface area contributed by atoms with Crippen LogP contribution >= 0.6 is 0 Å². The molecule has 2 aliphatic rings. The SMILES string of the molecule is CC(C)CN1C(=O)CC[C@H]2CN(C(=O)Cc3ccc(CO)cc3)CC[C@H]21. The van der Waals surface area contributed by atoms with Crippen molar-refractivity contribution >= 4 is 11.8 Å². The summed E-state index contributed by atoms with van der Waals surface area (Å²) in [5.74, 6) is 1.32. The summed E-state index contributed by atoms with van der Waals surface area (Å²) in [5.41, 5.74) is 1.84. The molecule has 2 saturated heterocycles. The van der Waals surface area contributed by atoms with Gasteiger partial charge in [0.1, 0.15) is 0 Å². The van der Waals surface area contributed by atoms with E-state index in [1.54, 1.807) is 0 Å². The summed E-state index contributed by atoms with van der Waals surface area (Å²) in [4.78, 5) is 29.1. The van der Waals surface area contributed by atoms with Crippen molar-refractivity contribution in [1.82, 2.24) is 9.80 Å². The summed E-state index contributed by atoms with van der Waals surface area (Å²) in [6.45, 7) is 6.64. The van der Waals surface area contributed by atoms with Crippen molar-refractivity contribution in [2.45, 2.75) is 52.2 Å². The van der Waals surface area contributed by atoms with Crippen LogP contribution in [0.15, 0.2) is 24.3 Å². The minimum Gasteiger partial charge on any atom is -0.392 e. The average Bonchev–Trinajstić information content (AvgIpc) is 2.64. The topological polar surface area (TPSA) is 60.9 Å². The lowest BCUT2D eigenvalue weighted by atomic mass is 9.83. The highest BCUT2D eigenvalue weighted by molar-refractivity contribution is 5.80. The van der Waals surface area contributed by atoms with Gasteiger partial charge in [0, 0.05) is 32.1 Å². The second-order valence-electron chi connectivity index (χ2n) is 8.09. The maximum Gasteiger partial charge on any atom is 0.227 e. The highest BCUT2D eigenvalue weighted by Gasteiger charge is 2.40. The lowest BCUT2D eigenvalue weighted by molar-refractivity contribution is -0.144. The largest absolute Gasteiger partial charge is 0.392 e. The van der Waals surface area contributed by atoms with E-state index in [4.69, 9.17) is 5.11 Å². The molecule has 1 N–H and O–H groups in total. The van der Waals surface area contributed by atoms with Gasteiger partial charge < -0.3 is 14.9 Å². The molecule has 0 aliphatic carbocycles. The number of carbonyl (C=O) groups is 2. The molecule has 3 rings (SSSR count). The lowest BCUT2D eigenvalue weighted by Gasteiger charge is -2.47. The summed E-state index contributed by atoms with van der Waals surface area (Å²) in [6.07, 6.45) is 2.79. The molecule has 0 bridgehead atoms. The Morgan fingerprint density at radius 2 is 1.88 bits per heavy atom. The smallest absolute Gasteiger partial charge is 0.227 e. The first kappa shape index (κ1) is 18.9. The molecule has 142 valence electrons. The Hall–Kier alpha value is -1.88. The molecule has 0 spiro atoms. The van der Waals surface area contributed by atoms with Gasteiger partial charge in [-0.1, -0.05) is 38.1 Å². The molecule has 5 nitrogen and oxygen atoms in total. The van der Waals surface area contributed by atoms with E-state index in [1.165, 1.54) is 0 Å². The van der Waals surface area contributed by atoms with Gasteiger partial charge in [0.25, 0.3) is 0 Å². The average molecular weight is 358 g/mol. The maximum absolute atomic E-state index is 12.7. The first-order chi connectivity index (χ1) is 12.5. The minimum absolute atomic E-state index is 0.0228. The predicted molar refractivity (Wildman–Crippen MR) is 100 cm³/mol. The van der Waals surface area contributed by atoms with Crippen LogP contribution in [0, 0.1) is 11.8 Å². The summed E-state index contributed by atoms with van der Waals surface area (Å²) in [5, 5.41) is 9.12. The summed E-state index contributed by atoms with van der Waals surface area (Å²) >= 11 is 0. The highest BCUT2D eigenvalue weighted by atomic mass is 16.3. The molecular weight excluding hydrogens is 328 g/mol. The molecule has 0 saturated carbocycles. The van der Waals surface area contributed by atoms with Gasteiger partial charge in [-0.2, -0.15) is 0 Å². The Kier molecular flexibility index (Phi) is 5.97. The van der Waals surface area contributed by atoms with Gasteiger partial charge in [-0.3, -0.25) is 9.59 Å². The van der Waals surface area contributed by atoms with Gasteiger partial charge in [-0.15, -0.1) is 0 Å². The molecule has 1 aromatic rings. The van der Waals surface area contributed by atoms with Crippen LogP contribution in [0.25, 0.3) is 0 Å².